The standard InChI is InChI=1S/C25H29ClN2O3.2ClH/c1-18-19(2)25(29)31-24-16-22(8-9-23(18)24)30-15-3-10-27-11-13-28(14-12-27)17-20-4-6-21(26)7-5-20;;/h4-9,16H,3,10-15,17H2,1-2H3;2*1H. The summed E-state index contributed by atoms with van der Waals surface area (Å²) in [6, 6.07) is 13.9. The smallest absolute Gasteiger partial charge is 0.339 e. The van der Waals surface area contributed by atoms with Crippen LogP contribution in [0.1, 0.15) is 23.1 Å². The predicted molar refractivity (Wildman–Crippen MR) is 140 cm³/mol. The minimum Gasteiger partial charge on any atom is -0.493 e. The quantitative estimate of drug-likeness (QED) is 0.309. The lowest BCUT2D eigenvalue weighted by molar-refractivity contribution is 0.121. The van der Waals surface area contributed by atoms with Crippen LogP contribution in [0.2, 0.25) is 5.02 Å². The largest absolute Gasteiger partial charge is 0.493 e. The third-order valence-corrected chi connectivity index (χ3v) is 6.35. The molecular weight excluding hydrogens is 483 g/mol. The molecule has 33 heavy (non-hydrogen) atoms. The molecule has 1 aromatic heterocycles. The Hall–Kier alpha value is -1.76. The van der Waals surface area contributed by atoms with Crippen LogP contribution in [0.3, 0.4) is 0 Å². The predicted octanol–water partition coefficient (Wildman–Crippen LogP) is 5.49. The van der Waals surface area contributed by atoms with Crippen LogP contribution < -0.4 is 10.4 Å². The van der Waals surface area contributed by atoms with Crippen molar-refractivity contribution in [2.45, 2.75) is 26.8 Å². The first-order valence-electron chi connectivity index (χ1n) is 10.9. The molecule has 0 aliphatic carbocycles. The highest BCUT2D eigenvalue weighted by Gasteiger charge is 2.16. The summed E-state index contributed by atoms with van der Waals surface area (Å²) < 4.78 is 11.3. The van der Waals surface area contributed by atoms with Crippen LogP contribution in [0.25, 0.3) is 11.0 Å². The summed E-state index contributed by atoms with van der Waals surface area (Å²) in [5.41, 5.74) is 3.24. The molecule has 0 amide bonds. The Balaban J connectivity index is 0.00000193. The van der Waals surface area contributed by atoms with E-state index in [1.54, 1.807) is 6.92 Å². The Labute approximate surface area is 212 Å². The van der Waals surface area contributed by atoms with Gasteiger partial charge in [0.05, 0.1) is 6.61 Å². The van der Waals surface area contributed by atoms with E-state index < -0.39 is 0 Å². The van der Waals surface area contributed by atoms with Gasteiger partial charge in [0.25, 0.3) is 0 Å². The molecule has 0 radical (unpaired) electrons. The Bertz CT molecular complexity index is 1090. The van der Waals surface area contributed by atoms with E-state index in [1.807, 2.05) is 37.3 Å². The van der Waals surface area contributed by atoms with Crippen molar-refractivity contribution in [3.05, 3.63) is 74.6 Å². The fourth-order valence-corrected chi connectivity index (χ4v) is 4.14. The number of rotatable bonds is 7. The molecule has 0 spiro atoms. The second-order valence-electron chi connectivity index (χ2n) is 8.24. The zero-order valence-electron chi connectivity index (χ0n) is 19.0. The van der Waals surface area contributed by atoms with Crippen molar-refractivity contribution in [3.63, 3.8) is 0 Å². The SMILES string of the molecule is Cc1c(C)c2ccc(OCCCN3CCN(Cc4ccc(Cl)cc4)CC3)cc2oc1=O.Cl.Cl. The van der Waals surface area contributed by atoms with Crippen LogP contribution in [0.15, 0.2) is 51.7 Å². The lowest BCUT2D eigenvalue weighted by Crippen LogP contribution is -2.46. The monoisotopic (exact) mass is 512 g/mol. The number of hydrogen-bond acceptors (Lipinski definition) is 5. The maximum atomic E-state index is 11.9. The molecule has 1 fully saturated rings. The molecule has 0 unspecified atom stereocenters. The second kappa shape index (κ2) is 12.6. The van der Waals surface area contributed by atoms with Gasteiger partial charge >= 0.3 is 5.63 Å². The van der Waals surface area contributed by atoms with Gasteiger partial charge in [-0.3, -0.25) is 4.90 Å². The second-order valence-corrected chi connectivity index (χ2v) is 8.68. The van der Waals surface area contributed by atoms with Gasteiger partial charge in [-0.15, -0.1) is 24.8 Å². The molecule has 8 heteroatoms. The van der Waals surface area contributed by atoms with Crippen molar-refractivity contribution in [1.29, 1.82) is 0 Å². The average molecular weight is 514 g/mol. The zero-order chi connectivity index (χ0) is 21.8. The molecule has 3 aromatic rings. The van der Waals surface area contributed by atoms with E-state index in [0.29, 0.717) is 17.8 Å². The van der Waals surface area contributed by atoms with E-state index in [1.165, 1.54) is 5.56 Å². The van der Waals surface area contributed by atoms with Crippen molar-refractivity contribution >= 4 is 47.4 Å². The van der Waals surface area contributed by atoms with Crippen molar-refractivity contribution in [1.82, 2.24) is 9.80 Å². The Morgan fingerprint density at radius 2 is 1.61 bits per heavy atom. The summed E-state index contributed by atoms with van der Waals surface area (Å²) in [5, 5.41) is 1.75. The third kappa shape index (κ3) is 7.11. The molecule has 0 atom stereocenters. The molecule has 180 valence electrons. The van der Waals surface area contributed by atoms with Gasteiger partial charge in [-0.1, -0.05) is 23.7 Å². The van der Waals surface area contributed by atoms with Crippen molar-refractivity contribution in [2.24, 2.45) is 0 Å². The van der Waals surface area contributed by atoms with Gasteiger partial charge in [0, 0.05) is 61.3 Å². The van der Waals surface area contributed by atoms with Crippen LogP contribution in [-0.4, -0.2) is 49.1 Å². The summed E-state index contributed by atoms with van der Waals surface area (Å²) in [6.07, 6.45) is 0.964. The highest BCUT2D eigenvalue weighted by Crippen LogP contribution is 2.24. The molecule has 0 saturated carbocycles. The maximum Gasteiger partial charge on any atom is 0.339 e. The van der Waals surface area contributed by atoms with E-state index in [-0.39, 0.29) is 30.4 Å². The van der Waals surface area contributed by atoms with E-state index in [0.717, 1.165) is 67.4 Å². The van der Waals surface area contributed by atoms with Crippen molar-refractivity contribution in [3.8, 4) is 5.75 Å². The van der Waals surface area contributed by atoms with Crippen LogP contribution in [0.5, 0.6) is 5.75 Å². The van der Waals surface area contributed by atoms with Crippen LogP contribution >= 0.6 is 36.4 Å². The van der Waals surface area contributed by atoms with Gasteiger partial charge in [-0.2, -0.15) is 0 Å². The highest BCUT2D eigenvalue weighted by molar-refractivity contribution is 6.30. The Morgan fingerprint density at radius 1 is 0.939 bits per heavy atom. The molecule has 4 rings (SSSR count). The fourth-order valence-electron chi connectivity index (χ4n) is 4.02. The number of piperazine rings is 1. The van der Waals surface area contributed by atoms with Gasteiger partial charge in [0.1, 0.15) is 11.3 Å². The van der Waals surface area contributed by atoms with Crippen LogP contribution in [0, 0.1) is 13.8 Å². The lowest BCUT2D eigenvalue weighted by Gasteiger charge is -2.34. The first-order valence-corrected chi connectivity index (χ1v) is 11.2. The Morgan fingerprint density at radius 3 is 2.30 bits per heavy atom. The average Bonchev–Trinajstić information content (AvgIpc) is 2.78. The summed E-state index contributed by atoms with van der Waals surface area (Å²) in [5.74, 6) is 0.742. The fraction of sp³-hybridized carbons (Fsp3) is 0.400. The molecule has 2 aromatic carbocycles. The molecule has 1 aliphatic rings. The lowest BCUT2D eigenvalue weighted by atomic mass is 10.1. The molecular formula is C25H31Cl3N2O3. The number of halogens is 3. The van der Waals surface area contributed by atoms with Gasteiger partial charge in [-0.05, 0) is 55.7 Å². The number of hydrogen-bond donors (Lipinski definition) is 0. The number of nitrogens with zero attached hydrogens (tertiary/aromatic N) is 2. The first-order chi connectivity index (χ1) is 15.0. The van der Waals surface area contributed by atoms with Gasteiger partial charge in [0.2, 0.25) is 0 Å². The number of ether oxygens (including phenoxy) is 1. The first kappa shape index (κ1) is 27.5. The molecule has 0 N–H and O–H groups in total. The highest BCUT2D eigenvalue weighted by atomic mass is 35.5. The van der Waals surface area contributed by atoms with E-state index >= 15 is 0 Å². The maximum absolute atomic E-state index is 11.9. The summed E-state index contributed by atoms with van der Waals surface area (Å²) in [6.45, 7) is 10.7. The zero-order valence-corrected chi connectivity index (χ0v) is 21.4. The number of fused-ring (bicyclic) bond motifs is 1. The topological polar surface area (TPSA) is 45.9 Å². The molecule has 0 bridgehead atoms. The van der Waals surface area contributed by atoms with Crippen LogP contribution in [-0.2, 0) is 6.54 Å². The molecule has 1 aliphatic heterocycles. The summed E-state index contributed by atoms with van der Waals surface area (Å²) in [7, 11) is 0. The van der Waals surface area contributed by atoms with Gasteiger partial charge in [0.15, 0.2) is 0 Å². The molecule has 1 saturated heterocycles. The number of aryl methyl sites for hydroxylation is 1. The van der Waals surface area contributed by atoms with E-state index in [4.69, 9.17) is 20.8 Å². The minimum absolute atomic E-state index is 0. The normalized spacial score (nSPS) is 14.5. The third-order valence-electron chi connectivity index (χ3n) is 6.10. The van der Waals surface area contributed by atoms with Crippen LogP contribution in [0.4, 0.5) is 0 Å². The summed E-state index contributed by atoms with van der Waals surface area (Å²) in [4.78, 5) is 16.9. The molecule has 2 heterocycles. The van der Waals surface area contributed by atoms with E-state index in [2.05, 4.69) is 21.9 Å². The van der Waals surface area contributed by atoms with E-state index in [9.17, 15) is 4.79 Å². The van der Waals surface area contributed by atoms with Crippen molar-refractivity contribution in [2.75, 3.05) is 39.3 Å². The van der Waals surface area contributed by atoms with Gasteiger partial charge < -0.3 is 14.1 Å². The Kier molecular flexibility index (Phi) is 10.5. The minimum atomic E-state index is -0.280. The number of benzene rings is 2. The van der Waals surface area contributed by atoms with Gasteiger partial charge in [-0.25, -0.2) is 4.79 Å². The molecule has 5 nitrogen and oxygen atoms in total. The summed E-state index contributed by atoms with van der Waals surface area (Å²) >= 11 is 5.97. The van der Waals surface area contributed by atoms with Crippen molar-refractivity contribution < 1.29 is 9.15 Å².